The molecule has 0 rings (SSSR count). The topological polar surface area (TPSA) is 125 Å². The molecule has 0 aromatic heterocycles. The molecule has 0 fully saturated rings. The molecule has 28 heavy (non-hydrogen) atoms. The van der Waals surface area contributed by atoms with Crippen LogP contribution in [0.4, 0.5) is 0 Å². The van der Waals surface area contributed by atoms with Gasteiger partial charge in [0, 0.05) is 0 Å². The third-order valence-corrected chi connectivity index (χ3v) is 5.43. The Hall–Kier alpha value is -0.0500. The summed E-state index contributed by atoms with van der Waals surface area (Å²) in [6.07, 6.45) is 9.48. The fourth-order valence-corrected chi connectivity index (χ4v) is 4.17. The fourth-order valence-electron chi connectivity index (χ4n) is 3.17. The van der Waals surface area contributed by atoms with Gasteiger partial charge in [0.2, 0.25) is 0 Å². The summed E-state index contributed by atoms with van der Waals surface area (Å²) in [6, 6.07) is 0. The van der Waals surface area contributed by atoms with E-state index in [1.807, 2.05) is 21.1 Å². The summed E-state index contributed by atoms with van der Waals surface area (Å²) in [5.41, 5.74) is 4.93. The maximum absolute atomic E-state index is 12.1. The molecule has 0 saturated carbocycles. The second-order valence-corrected chi connectivity index (χ2v) is 10.1. The zero-order valence-electron chi connectivity index (χ0n) is 18.3. The van der Waals surface area contributed by atoms with Gasteiger partial charge in [0.15, 0.2) is 5.72 Å². The van der Waals surface area contributed by atoms with E-state index in [1.54, 1.807) is 0 Å². The van der Waals surface area contributed by atoms with Crippen LogP contribution in [0.5, 0.6) is 0 Å². The van der Waals surface area contributed by atoms with Crippen LogP contribution in [0.2, 0.25) is 0 Å². The van der Waals surface area contributed by atoms with Gasteiger partial charge in [0.05, 0.1) is 34.4 Å². The summed E-state index contributed by atoms with van der Waals surface area (Å²) in [7, 11) is 1.03. The van der Waals surface area contributed by atoms with Crippen molar-refractivity contribution in [3.8, 4) is 0 Å². The molecule has 2 unspecified atom stereocenters. The van der Waals surface area contributed by atoms with Gasteiger partial charge in [-0.15, -0.1) is 0 Å². The number of phosphoric ester groups is 1. The average molecular weight is 427 g/mol. The highest BCUT2D eigenvalue weighted by atomic mass is 31.2. The lowest BCUT2D eigenvalue weighted by Crippen LogP contribution is -2.56. The molecule has 4 N–H and O–H groups in total. The Balaban J connectivity index is 4.48. The first-order chi connectivity index (χ1) is 12.9. The summed E-state index contributed by atoms with van der Waals surface area (Å²) in [5, 5.41) is 18.0. The normalized spacial score (nSPS) is 17.9. The van der Waals surface area contributed by atoms with Gasteiger partial charge in [-0.05, 0) is 12.8 Å². The Morgan fingerprint density at radius 3 is 2.04 bits per heavy atom. The van der Waals surface area contributed by atoms with Crippen LogP contribution in [0.1, 0.15) is 71.1 Å². The average Bonchev–Trinajstić information content (AvgIpc) is 2.56. The highest BCUT2D eigenvalue weighted by Gasteiger charge is 2.36. The molecule has 0 amide bonds. The predicted octanol–water partition coefficient (Wildman–Crippen LogP) is 2.12. The third-order valence-electron chi connectivity index (χ3n) is 4.37. The summed E-state index contributed by atoms with van der Waals surface area (Å²) < 4.78 is 22.4. The Morgan fingerprint density at radius 1 is 1.07 bits per heavy atom. The van der Waals surface area contributed by atoms with Crippen LogP contribution >= 0.6 is 7.82 Å². The molecule has 0 heterocycles. The zero-order valence-corrected chi connectivity index (χ0v) is 19.2. The maximum atomic E-state index is 12.1. The molecule has 170 valence electrons. The van der Waals surface area contributed by atoms with E-state index in [9.17, 15) is 14.6 Å². The molecule has 0 bridgehead atoms. The van der Waals surface area contributed by atoms with Gasteiger partial charge in [0.25, 0.3) is 7.82 Å². The maximum Gasteiger partial charge on any atom is 0.269 e. The van der Waals surface area contributed by atoms with E-state index in [4.69, 9.17) is 15.4 Å². The first-order valence-corrected chi connectivity index (χ1v) is 11.9. The van der Waals surface area contributed by atoms with Crippen LogP contribution in [-0.4, -0.2) is 67.4 Å². The Kier molecular flexibility index (Phi) is 14.0. The number of hydrogen-bond acceptors (Lipinski definition) is 7. The van der Waals surface area contributed by atoms with Crippen molar-refractivity contribution >= 4 is 7.82 Å². The van der Waals surface area contributed by atoms with Gasteiger partial charge in [-0.3, -0.25) is 14.8 Å². The van der Waals surface area contributed by atoms with E-state index in [2.05, 4.69) is 11.4 Å². The van der Waals surface area contributed by atoms with Gasteiger partial charge in [0.1, 0.15) is 12.6 Å². The molecule has 0 radical (unpaired) electrons. The van der Waals surface area contributed by atoms with Crippen molar-refractivity contribution in [1.82, 2.24) is 0 Å². The van der Waals surface area contributed by atoms with E-state index in [0.717, 1.165) is 19.3 Å². The van der Waals surface area contributed by atoms with Crippen molar-refractivity contribution in [2.45, 2.75) is 83.0 Å². The molecule has 0 aromatic rings. The molecule has 0 spiro atoms. The number of hydrogen-bond donors (Lipinski definition) is 3. The largest absolute Gasteiger partial charge is 0.756 e. The first-order valence-electron chi connectivity index (χ1n) is 10.5. The highest BCUT2D eigenvalue weighted by molar-refractivity contribution is 7.45. The van der Waals surface area contributed by atoms with E-state index in [0.29, 0.717) is 17.4 Å². The van der Waals surface area contributed by atoms with Crippen molar-refractivity contribution in [2.24, 2.45) is 5.73 Å². The molecule has 9 heteroatoms. The Bertz CT molecular complexity index is 447. The summed E-state index contributed by atoms with van der Waals surface area (Å²) in [6.45, 7) is 1.35. The van der Waals surface area contributed by atoms with Crippen molar-refractivity contribution in [1.29, 1.82) is 0 Å². The number of quaternary nitrogens is 1. The molecular weight excluding hydrogens is 383 g/mol. The molecule has 0 saturated heterocycles. The minimum Gasteiger partial charge on any atom is -0.756 e. The summed E-state index contributed by atoms with van der Waals surface area (Å²) in [5.74, 6) is 0. The van der Waals surface area contributed by atoms with Crippen LogP contribution in [0.25, 0.3) is 0 Å². The Labute approximate surface area is 171 Å². The minimum atomic E-state index is -4.70. The van der Waals surface area contributed by atoms with Crippen molar-refractivity contribution in [3.63, 3.8) is 0 Å². The third kappa shape index (κ3) is 15.8. The van der Waals surface area contributed by atoms with E-state index < -0.39 is 32.9 Å². The van der Waals surface area contributed by atoms with Crippen LogP contribution in [0.3, 0.4) is 0 Å². The van der Waals surface area contributed by atoms with Crippen LogP contribution in [0, 0.1) is 0 Å². The lowest BCUT2D eigenvalue weighted by Gasteiger charge is -2.39. The second-order valence-electron chi connectivity index (χ2n) is 8.76. The number of aliphatic hydroxyl groups is 2. The number of aliphatic hydroxyl groups excluding tert-OH is 2. The van der Waals surface area contributed by atoms with Crippen LogP contribution < -0.4 is 10.6 Å². The van der Waals surface area contributed by atoms with Gasteiger partial charge >= 0.3 is 0 Å². The molecule has 8 nitrogen and oxygen atoms in total. The van der Waals surface area contributed by atoms with Crippen molar-refractivity contribution < 1.29 is 33.2 Å². The molecular formula is C19H43N2O6P. The Morgan fingerprint density at radius 2 is 1.57 bits per heavy atom. The second kappa shape index (κ2) is 14.0. The molecule has 0 aliphatic carbocycles. The summed E-state index contributed by atoms with van der Waals surface area (Å²) >= 11 is 0. The lowest BCUT2D eigenvalue weighted by molar-refractivity contribution is -0.876. The SMILES string of the molecule is CCCCCCCCCCCC(N)(C[N+](C)(C)C)OP(=O)([O-])OC[C@H](O)CO. The lowest BCUT2D eigenvalue weighted by atomic mass is 10.0. The van der Waals surface area contributed by atoms with E-state index >= 15 is 0 Å². The fraction of sp³-hybridized carbons (Fsp3) is 1.00. The van der Waals surface area contributed by atoms with Crippen molar-refractivity contribution in [2.75, 3.05) is 40.9 Å². The van der Waals surface area contributed by atoms with Gasteiger partial charge in [-0.1, -0.05) is 58.3 Å². The smallest absolute Gasteiger partial charge is 0.269 e. The van der Waals surface area contributed by atoms with E-state index in [1.165, 1.54) is 38.5 Å². The zero-order chi connectivity index (χ0) is 21.7. The van der Waals surface area contributed by atoms with Gasteiger partial charge in [-0.25, -0.2) is 0 Å². The summed E-state index contributed by atoms with van der Waals surface area (Å²) in [4.78, 5) is 12.1. The number of rotatable bonds is 18. The number of phosphoric acid groups is 1. The minimum absolute atomic E-state index is 0.294. The molecule has 0 aliphatic heterocycles. The number of nitrogens with two attached hydrogens (primary N) is 1. The standard InChI is InChI=1S/C19H43N2O6P/c1-5-6-7-8-9-10-11-12-13-14-19(20,17-21(2,3)4)27-28(24,25)26-16-18(23)15-22/h18,22-23H,5-17,20H2,1-4H3/t18-,19?/m1/s1. The number of nitrogens with zero attached hydrogens (tertiary/aromatic N) is 1. The molecule has 0 aliphatic rings. The molecule has 0 aromatic carbocycles. The monoisotopic (exact) mass is 426 g/mol. The highest BCUT2D eigenvalue weighted by Crippen LogP contribution is 2.43. The van der Waals surface area contributed by atoms with Crippen LogP contribution in [0.15, 0.2) is 0 Å². The van der Waals surface area contributed by atoms with E-state index in [-0.39, 0.29) is 0 Å². The van der Waals surface area contributed by atoms with Gasteiger partial charge < -0.3 is 24.1 Å². The predicted molar refractivity (Wildman–Crippen MR) is 109 cm³/mol. The quantitative estimate of drug-likeness (QED) is 0.133. The first kappa shape index (κ1) is 27.9. The molecule has 3 atom stereocenters. The van der Waals surface area contributed by atoms with Crippen LogP contribution in [-0.2, 0) is 13.6 Å². The van der Waals surface area contributed by atoms with Gasteiger partial charge in [-0.2, -0.15) is 0 Å². The number of likely N-dealkylation sites (N-methyl/N-ethyl adjacent to an activating group) is 1. The number of unbranched alkanes of at least 4 members (excludes halogenated alkanes) is 8. The van der Waals surface area contributed by atoms with Crippen molar-refractivity contribution in [3.05, 3.63) is 0 Å².